The second-order valence-electron chi connectivity index (χ2n) is 7.16. The predicted molar refractivity (Wildman–Crippen MR) is 121 cm³/mol. The minimum absolute atomic E-state index is 0.372. The summed E-state index contributed by atoms with van der Waals surface area (Å²) in [7, 11) is 0. The van der Waals surface area contributed by atoms with Gasteiger partial charge in [-0.05, 0) is 24.5 Å². The van der Waals surface area contributed by atoms with Crippen LogP contribution in [0.25, 0.3) is 33.0 Å². The molecule has 0 unspecified atom stereocenters. The molecule has 2 aromatic carbocycles. The van der Waals surface area contributed by atoms with Crippen molar-refractivity contribution in [1.29, 1.82) is 0 Å². The molecule has 0 spiro atoms. The molecule has 0 bridgehead atoms. The zero-order valence-corrected chi connectivity index (χ0v) is 17.2. The van der Waals surface area contributed by atoms with Gasteiger partial charge >= 0.3 is 0 Å². The van der Waals surface area contributed by atoms with Crippen LogP contribution < -0.4 is 11.1 Å². The summed E-state index contributed by atoms with van der Waals surface area (Å²) in [6, 6.07) is 13.8. The topological polar surface area (TPSA) is 92.9 Å². The van der Waals surface area contributed by atoms with Crippen molar-refractivity contribution >= 4 is 56.5 Å². The second-order valence-corrected chi connectivity index (χ2v) is 8.01. The number of H-pyrrole nitrogens is 1. The second kappa shape index (κ2) is 7.19. The van der Waals surface area contributed by atoms with Crippen molar-refractivity contribution in [3.05, 3.63) is 66.0 Å². The van der Waals surface area contributed by atoms with Gasteiger partial charge in [-0.2, -0.15) is 0 Å². The molecule has 1 aliphatic heterocycles. The number of benzene rings is 2. The molecule has 30 heavy (non-hydrogen) atoms. The van der Waals surface area contributed by atoms with E-state index in [-0.39, 0.29) is 11.8 Å². The lowest BCUT2D eigenvalue weighted by Crippen LogP contribution is -2.22. The standard InChI is InChI=1S/C23H20N4O2S/c1-30-18-8-4-7-17-19(18)15(12-27(17)10-9-24)21-20(22(28)26-23(21)29)14-11-25-16-6-3-2-5-13(14)16/h2-8,11-12,25H,9-10,24H2,1H3,(H,26,28,29). The lowest BCUT2D eigenvalue weighted by atomic mass is 9.95. The maximum atomic E-state index is 13.0. The Balaban J connectivity index is 1.86. The Hall–Kier alpha value is -3.29. The van der Waals surface area contributed by atoms with Gasteiger partial charge < -0.3 is 15.3 Å². The lowest BCUT2D eigenvalue weighted by molar-refractivity contribution is -0.122. The molecule has 0 radical (unpaired) electrons. The summed E-state index contributed by atoms with van der Waals surface area (Å²) in [6.45, 7) is 1.10. The molecule has 7 heteroatoms. The smallest absolute Gasteiger partial charge is 0.259 e. The van der Waals surface area contributed by atoms with Gasteiger partial charge in [0.05, 0.1) is 11.1 Å². The summed E-state index contributed by atoms with van der Waals surface area (Å²) in [5.74, 6) is -0.746. The number of aromatic amines is 1. The fourth-order valence-electron chi connectivity index (χ4n) is 4.25. The number of amides is 2. The first-order valence-electron chi connectivity index (χ1n) is 9.66. The first-order valence-corrected chi connectivity index (χ1v) is 10.9. The van der Waals surface area contributed by atoms with E-state index in [0.29, 0.717) is 24.2 Å². The van der Waals surface area contributed by atoms with Crippen LogP contribution in [0, 0.1) is 0 Å². The molecule has 5 rings (SSSR count). The Morgan fingerprint density at radius 3 is 2.53 bits per heavy atom. The fourth-order valence-corrected chi connectivity index (χ4v) is 4.88. The first-order chi connectivity index (χ1) is 14.6. The number of nitrogens with one attached hydrogen (secondary N) is 2. The van der Waals surface area contributed by atoms with E-state index in [2.05, 4.69) is 14.9 Å². The van der Waals surface area contributed by atoms with Gasteiger partial charge in [0.2, 0.25) is 0 Å². The average Bonchev–Trinajstić information content (AvgIpc) is 3.41. The van der Waals surface area contributed by atoms with Crippen molar-refractivity contribution in [2.75, 3.05) is 12.8 Å². The van der Waals surface area contributed by atoms with Crippen molar-refractivity contribution in [2.24, 2.45) is 5.73 Å². The number of carbonyl (C=O) groups is 2. The highest BCUT2D eigenvalue weighted by Crippen LogP contribution is 2.40. The average molecular weight is 417 g/mol. The summed E-state index contributed by atoms with van der Waals surface area (Å²) < 4.78 is 2.06. The highest BCUT2D eigenvalue weighted by atomic mass is 32.2. The molecule has 4 N–H and O–H groups in total. The van der Waals surface area contributed by atoms with E-state index < -0.39 is 0 Å². The molecule has 4 aromatic rings. The number of hydrogen-bond acceptors (Lipinski definition) is 4. The molecule has 0 saturated heterocycles. The summed E-state index contributed by atoms with van der Waals surface area (Å²) in [4.78, 5) is 30.2. The van der Waals surface area contributed by atoms with E-state index in [1.807, 2.05) is 54.9 Å². The number of aromatic nitrogens is 2. The number of carbonyl (C=O) groups excluding carboxylic acids is 2. The highest BCUT2D eigenvalue weighted by Gasteiger charge is 2.35. The quantitative estimate of drug-likeness (QED) is 0.344. The number of nitrogens with two attached hydrogens (primary N) is 1. The van der Waals surface area contributed by atoms with Gasteiger partial charge in [-0.25, -0.2) is 0 Å². The summed E-state index contributed by atoms with van der Waals surface area (Å²) in [6.07, 6.45) is 5.75. The summed E-state index contributed by atoms with van der Waals surface area (Å²) >= 11 is 1.62. The van der Waals surface area contributed by atoms with Gasteiger partial charge in [0.25, 0.3) is 11.8 Å². The van der Waals surface area contributed by atoms with E-state index >= 15 is 0 Å². The van der Waals surface area contributed by atoms with Crippen LogP contribution >= 0.6 is 11.8 Å². The normalized spacial score (nSPS) is 14.3. The third-order valence-electron chi connectivity index (χ3n) is 5.52. The minimum atomic E-state index is -0.374. The van der Waals surface area contributed by atoms with Gasteiger partial charge in [-0.1, -0.05) is 24.3 Å². The molecular formula is C23H20N4O2S. The maximum Gasteiger partial charge on any atom is 0.259 e. The molecule has 150 valence electrons. The number of imide groups is 1. The number of rotatable bonds is 5. The number of hydrogen-bond donors (Lipinski definition) is 3. The first kappa shape index (κ1) is 18.7. The van der Waals surface area contributed by atoms with Gasteiger partial charge in [0, 0.05) is 63.3 Å². The van der Waals surface area contributed by atoms with E-state index in [1.165, 1.54) is 0 Å². The van der Waals surface area contributed by atoms with Crippen LogP contribution in [0.5, 0.6) is 0 Å². The Labute approximate surface area is 177 Å². The van der Waals surface area contributed by atoms with E-state index in [9.17, 15) is 9.59 Å². The van der Waals surface area contributed by atoms with Crippen LogP contribution in [-0.2, 0) is 16.1 Å². The zero-order valence-electron chi connectivity index (χ0n) is 16.4. The molecule has 1 aliphatic rings. The Bertz CT molecular complexity index is 1360. The maximum absolute atomic E-state index is 13.0. The van der Waals surface area contributed by atoms with Crippen molar-refractivity contribution in [3.8, 4) is 0 Å². The molecule has 2 amide bonds. The molecular weight excluding hydrogens is 396 g/mol. The molecule has 6 nitrogen and oxygen atoms in total. The van der Waals surface area contributed by atoms with Crippen LogP contribution in [0.4, 0.5) is 0 Å². The molecule has 2 aromatic heterocycles. The van der Waals surface area contributed by atoms with Crippen molar-refractivity contribution < 1.29 is 9.59 Å². The number of thioether (sulfide) groups is 1. The van der Waals surface area contributed by atoms with Gasteiger partial charge in [-0.3, -0.25) is 14.9 Å². The van der Waals surface area contributed by atoms with Crippen molar-refractivity contribution in [2.45, 2.75) is 11.4 Å². The van der Waals surface area contributed by atoms with Crippen LogP contribution in [0.3, 0.4) is 0 Å². The molecule has 0 aliphatic carbocycles. The largest absolute Gasteiger partial charge is 0.361 e. The van der Waals surface area contributed by atoms with Crippen LogP contribution in [0.1, 0.15) is 11.1 Å². The number of nitrogens with zero attached hydrogens (tertiary/aromatic N) is 1. The van der Waals surface area contributed by atoms with Crippen LogP contribution in [-0.4, -0.2) is 34.2 Å². The predicted octanol–water partition coefficient (Wildman–Crippen LogP) is 3.37. The Morgan fingerprint density at radius 2 is 1.77 bits per heavy atom. The SMILES string of the molecule is CSc1cccc2c1c(C1=C(c3c[nH]c4ccccc34)C(=O)NC1=O)cn2CCN. The van der Waals surface area contributed by atoms with Gasteiger partial charge in [-0.15, -0.1) is 11.8 Å². The lowest BCUT2D eigenvalue weighted by Gasteiger charge is -2.06. The molecule has 0 atom stereocenters. The molecule has 0 fully saturated rings. The van der Waals surface area contributed by atoms with Crippen molar-refractivity contribution in [1.82, 2.24) is 14.9 Å². The van der Waals surface area contributed by atoms with E-state index in [4.69, 9.17) is 5.73 Å². The molecule has 0 saturated carbocycles. The zero-order chi connectivity index (χ0) is 20.8. The van der Waals surface area contributed by atoms with Gasteiger partial charge in [0.1, 0.15) is 0 Å². The highest BCUT2D eigenvalue weighted by molar-refractivity contribution is 7.98. The number of fused-ring (bicyclic) bond motifs is 2. The Morgan fingerprint density at radius 1 is 1.00 bits per heavy atom. The van der Waals surface area contributed by atoms with Crippen LogP contribution in [0.2, 0.25) is 0 Å². The number of para-hydroxylation sites is 1. The summed E-state index contributed by atoms with van der Waals surface area (Å²) in [5, 5.41) is 4.38. The van der Waals surface area contributed by atoms with E-state index in [0.717, 1.165) is 37.8 Å². The Kier molecular flexibility index (Phi) is 4.49. The van der Waals surface area contributed by atoms with Crippen molar-refractivity contribution in [3.63, 3.8) is 0 Å². The minimum Gasteiger partial charge on any atom is -0.361 e. The summed E-state index contributed by atoms with van der Waals surface area (Å²) in [5.41, 5.74) is 10.0. The third kappa shape index (κ3) is 2.70. The molecule has 3 heterocycles. The fraction of sp³-hybridized carbons (Fsp3) is 0.130. The van der Waals surface area contributed by atoms with Gasteiger partial charge in [0.15, 0.2) is 0 Å². The van der Waals surface area contributed by atoms with E-state index in [1.54, 1.807) is 18.0 Å². The third-order valence-corrected chi connectivity index (χ3v) is 6.30. The van der Waals surface area contributed by atoms with Crippen LogP contribution in [0.15, 0.2) is 59.8 Å². The monoisotopic (exact) mass is 416 g/mol.